The Morgan fingerprint density at radius 2 is 1.85 bits per heavy atom. The molecule has 4 fully saturated rings. The van der Waals surface area contributed by atoms with Crippen LogP contribution in [0.5, 0.6) is 11.8 Å². The van der Waals surface area contributed by atoms with E-state index in [1.54, 1.807) is 12.3 Å². The Bertz CT molecular complexity index is 1910. The molecule has 0 saturated carbocycles. The quantitative estimate of drug-likeness (QED) is 0.267. The van der Waals surface area contributed by atoms with E-state index in [1.165, 1.54) is 6.07 Å². The summed E-state index contributed by atoms with van der Waals surface area (Å²) < 4.78 is 43.4. The lowest BCUT2D eigenvalue weighted by Crippen LogP contribution is -2.57. The molecule has 6 heterocycles. The molecule has 48 heavy (non-hydrogen) atoms. The first-order chi connectivity index (χ1) is 23.0. The third-order valence-electron chi connectivity index (χ3n) is 10.4. The summed E-state index contributed by atoms with van der Waals surface area (Å²) in [6, 6.07) is 10.4. The van der Waals surface area contributed by atoms with E-state index < -0.39 is 23.1 Å². The third kappa shape index (κ3) is 5.34. The Hall–Kier alpha value is -4.32. The molecule has 12 heteroatoms. The summed E-state index contributed by atoms with van der Waals surface area (Å²) in [5.74, 6) is -0.179. The van der Waals surface area contributed by atoms with E-state index in [0.717, 1.165) is 43.0 Å². The predicted molar refractivity (Wildman–Crippen MR) is 178 cm³/mol. The number of fused-ring (bicyclic) bond motifs is 5. The first kappa shape index (κ1) is 31.0. The summed E-state index contributed by atoms with van der Waals surface area (Å²) >= 11 is 0. The number of pyridine rings is 1. The second-order valence-corrected chi connectivity index (χ2v) is 14.8. The van der Waals surface area contributed by atoms with Gasteiger partial charge in [0.2, 0.25) is 0 Å². The van der Waals surface area contributed by atoms with Crippen molar-refractivity contribution in [3.8, 4) is 23.0 Å². The van der Waals surface area contributed by atoms with Gasteiger partial charge in [0.25, 0.3) is 0 Å². The number of nitrogens with zero attached hydrogens (tertiary/aromatic N) is 6. The Kier molecular flexibility index (Phi) is 7.35. The van der Waals surface area contributed by atoms with Gasteiger partial charge in [-0.15, -0.1) is 0 Å². The van der Waals surface area contributed by atoms with Crippen molar-refractivity contribution in [1.82, 2.24) is 24.8 Å². The smallest absolute Gasteiger partial charge is 0.410 e. The van der Waals surface area contributed by atoms with Crippen molar-refractivity contribution >= 4 is 33.6 Å². The molecule has 2 aromatic carbocycles. The van der Waals surface area contributed by atoms with Gasteiger partial charge in [0.1, 0.15) is 41.2 Å². The largest absolute Gasteiger partial charge is 0.508 e. The number of benzene rings is 2. The predicted octanol–water partition coefficient (Wildman–Crippen LogP) is 6.23. The molecule has 4 atom stereocenters. The first-order valence-corrected chi connectivity index (χ1v) is 16.8. The first-order valence-electron chi connectivity index (χ1n) is 16.8. The van der Waals surface area contributed by atoms with Crippen LogP contribution in [0.2, 0.25) is 0 Å². The van der Waals surface area contributed by atoms with Gasteiger partial charge in [0.15, 0.2) is 5.82 Å². The molecule has 2 bridgehead atoms. The van der Waals surface area contributed by atoms with E-state index in [4.69, 9.17) is 14.5 Å². The number of piperazine rings is 1. The highest BCUT2D eigenvalue weighted by Gasteiger charge is 2.50. The van der Waals surface area contributed by atoms with Gasteiger partial charge in [-0.1, -0.05) is 24.3 Å². The molecular formula is C36H40F2N6O4. The van der Waals surface area contributed by atoms with E-state index in [2.05, 4.69) is 19.8 Å². The summed E-state index contributed by atoms with van der Waals surface area (Å²) in [6.45, 7) is 7.93. The molecule has 1 N–H and O–H groups in total. The summed E-state index contributed by atoms with van der Waals surface area (Å²) in [6.07, 6.45) is 4.13. The van der Waals surface area contributed by atoms with Crippen LogP contribution in [-0.2, 0) is 4.74 Å². The molecule has 0 radical (unpaired) electrons. The topological polar surface area (TPSA) is 104 Å². The molecule has 8 rings (SSSR count). The van der Waals surface area contributed by atoms with Gasteiger partial charge in [-0.2, -0.15) is 9.97 Å². The normalized spacial score (nSPS) is 25.6. The van der Waals surface area contributed by atoms with Crippen molar-refractivity contribution in [3.05, 3.63) is 48.4 Å². The number of alkyl halides is 1. The van der Waals surface area contributed by atoms with Crippen molar-refractivity contribution in [2.75, 3.05) is 37.7 Å². The van der Waals surface area contributed by atoms with Crippen LogP contribution in [0.4, 0.5) is 19.4 Å². The van der Waals surface area contributed by atoms with Crippen LogP contribution in [0.15, 0.2) is 42.6 Å². The van der Waals surface area contributed by atoms with Gasteiger partial charge in [-0.05, 0) is 75.9 Å². The highest BCUT2D eigenvalue weighted by Crippen LogP contribution is 2.42. The van der Waals surface area contributed by atoms with E-state index in [9.17, 15) is 14.3 Å². The molecule has 2 aromatic heterocycles. The molecule has 0 unspecified atom stereocenters. The number of hydrogen-bond acceptors (Lipinski definition) is 9. The van der Waals surface area contributed by atoms with Crippen molar-refractivity contribution < 1.29 is 28.2 Å². The highest BCUT2D eigenvalue weighted by molar-refractivity contribution is 6.00. The fourth-order valence-electron chi connectivity index (χ4n) is 8.34. The summed E-state index contributed by atoms with van der Waals surface area (Å²) in [5.41, 5.74) is -0.502. The lowest BCUT2D eigenvalue weighted by atomic mass is 9.95. The lowest BCUT2D eigenvalue weighted by Gasteiger charge is -2.42. The number of anilines is 1. The number of phenols is 1. The van der Waals surface area contributed by atoms with Crippen LogP contribution in [0.3, 0.4) is 0 Å². The molecular weight excluding hydrogens is 618 g/mol. The zero-order valence-electron chi connectivity index (χ0n) is 27.5. The molecule has 1 amide bonds. The van der Waals surface area contributed by atoms with Gasteiger partial charge >= 0.3 is 12.1 Å². The number of hydrogen-bond donors (Lipinski definition) is 1. The minimum Gasteiger partial charge on any atom is -0.508 e. The maximum atomic E-state index is 16.8. The number of ether oxygens (including phenoxy) is 2. The van der Waals surface area contributed by atoms with E-state index in [0.29, 0.717) is 42.8 Å². The Balaban J connectivity index is 1.20. The monoisotopic (exact) mass is 658 g/mol. The van der Waals surface area contributed by atoms with Crippen LogP contribution < -0.4 is 9.64 Å². The number of halogens is 2. The number of phenolic OH excluding ortho intramolecular Hbond substituents is 1. The van der Waals surface area contributed by atoms with Gasteiger partial charge in [-0.3, -0.25) is 14.8 Å². The van der Waals surface area contributed by atoms with E-state index in [1.807, 2.05) is 49.9 Å². The number of aromatic nitrogens is 3. The highest BCUT2D eigenvalue weighted by atomic mass is 19.1. The maximum absolute atomic E-state index is 16.8. The minimum absolute atomic E-state index is 0.00108. The standard InChI is InChI=1S/C36H40F2N6O4/c1-35(2,3)48-34(46)44-23-9-10-24(44)19-42(18-23)32-28-16-39-30(27-14-25(45)13-21-7-4-5-8-26(21)27)29(38)31(28)40-33(41-32)47-20-36-11-6-12-43(36)17-22(37)15-36/h4-5,7-8,13-14,16,22-24,45H,6,9-12,15,17-20H2,1-3H3/t22-,23-,24+,36+/m0/s1. The molecule has 0 spiro atoms. The number of rotatable bonds is 5. The van der Waals surface area contributed by atoms with Gasteiger partial charge in [-0.25, -0.2) is 13.6 Å². The average Bonchev–Trinajstić information content (AvgIpc) is 3.65. The van der Waals surface area contributed by atoms with Crippen molar-refractivity contribution in [3.63, 3.8) is 0 Å². The summed E-state index contributed by atoms with van der Waals surface area (Å²) in [5, 5.41) is 12.4. The molecule has 0 aliphatic carbocycles. The van der Waals surface area contributed by atoms with Crippen LogP contribution in [0, 0.1) is 5.82 Å². The second kappa shape index (κ2) is 11.4. The van der Waals surface area contributed by atoms with Crippen LogP contribution >= 0.6 is 0 Å². The lowest BCUT2D eigenvalue weighted by molar-refractivity contribution is 0.0122. The number of carbonyl (C=O) groups excluding carboxylic acids is 1. The van der Waals surface area contributed by atoms with E-state index in [-0.39, 0.29) is 47.8 Å². The number of aromatic hydroxyl groups is 1. The molecule has 10 nitrogen and oxygen atoms in total. The van der Waals surface area contributed by atoms with Crippen LogP contribution in [-0.4, -0.2) is 98.1 Å². The second-order valence-electron chi connectivity index (χ2n) is 14.8. The molecule has 4 aromatic rings. The summed E-state index contributed by atoms with van der Waals surface area (Å²) in [7, 11) is 0. The van der Waals surface area contributed by atoms with Gasteiger partial charge in [0.05, 0.1) is 23.0 Å². The zero-order valence-corrected chi connectivity index (χ0v) is 27.5. The minimum atomic E-state index is -0.915. The Morgan fingerprint density at radius 1 is 1.08 bits per heavy atom. The zero-order chi connectivity index (χ0) is 33.4. The molecule has 252 valence electrons. The van der Waals surface area contributed by atoms with Crippen LogP contribution in [0.1, 0.15) is 52.9 Å². The van der Waals surface area contributed by atoms with Crippen molar-refractivity contribution in [1.29, 1.82) is 0 Å². The maximum Gasteiger partial charge on any atom is 0.410 e. The van der Waals surface area contributed by atoms with Crippen LogP contribution in [0.25, 0.3) is 32.9 Å². The average molecular weight is 659 g/mol. The Morgan fingerprint density at radius 3 is 2.62 bits per heavy atom. The molecule has 4 aliphatic heterocycles. The third-order valence-corrected chi connectivity index (χ3v) is 10.4. The number of carbonyl (C=O) groups is 1. The van der Waals surface area contributed by atoms with Crippen molar-refractivity contribution in [2.24, 2.45) is 0 Å². The Labute approximate surface area is 277 Å². The van der Waals surface area contributed by atoms with E-state index >= 15 is 4.39 Å². The molecule has 4 aliphatic rings. The van der Waals surface area contributed by atoms with Crippen molar-refractivity contribution in [2.45, 2.75) is 82.3 Å². The van der Waals surface area contributed by atoms with Gasteiger partial charge in [0, 0.05) is 37.8 Å². The fraction of sp³-hybridized carbons (Fsp3) is 0.500. The van der Waals surface area contributed by atoms with Gasteiger partial charge < -0.3 is 19.5 Å². The molecule has 4 saturated heterocycles. The summed E-state index contributed by atoms with van der Waals surface area (Å²) in [4.78, 5) is 33.3. The number of amides is 1. The fourth-order valence-corrected chi connectivity index (χ4v) is 8.34. The SMILES string of the molecule is CC(C)(C)OC(=O)N1[C@@H]2CC[C@H]1CN(c1nc(OC[C@]34CCCN3C[C@@H](F)C4)nc3c(F)c(-c4cc(O)cc5ccccc45)ncc13)C2.